The topological polar surface area (TPSA) is 66.0 Å². The minimum Gasteiger partial charge on any atom is -0.453 e. The number of ether oxygens (including phenoxy) is 1. The Balaban J connectivity index is 1.81. The van der Waals surface area contributed by atoms with Gasteiger partial charge in [-0.3, -0.25) is 4.99 Å². The van der Waals surface area contributed by atoms with Crippen molar-refractivity contribution in [1.82, 2.24) is 15.5 Å². The normalized spacial score (nSPS) is 16.0. The number of rotatable bonds is 3. The molecule has 1 aromatic rings. The zero-order chi connectivity index (χ0) is 17.5. The summed E-state index contributed by atoms with van der Waals surface area (Å²) in [5.41, 5.74) is 0.833. The molecule has 1 fully saturated rings. The molecule has 0 aromatic heterocycles. The summed E-state index contributed by atoms with van der Waals surface area (Å²) in [5.74, 6) is 0.377. The van der Waals surface area contributed by atoms with E-state index in [4.69, 9.17) is 4.74 Å². The van der Waals surface area contributed by atoms with Crippen LogP contribution in [-0.4, -0.2) is 50.2 Å². The van der Waals surface area contributed by atoms with Gasteiger partial charge >= 0.3 is 6.09 Å². The number of nitrogens with one attached hydrogen (secondary N) is 2. The van der Waals surface area contributed by atoms with Gasteiger partial charge in [-0.1, -0.05) is 6.07 Å². The van der Waals surface area contributed by atoms with E-state index < -0.39 is 0 Å². The molecule has 1 aliphatic heterocycles. The van der Waals surface area contributed by atoms with Gasteiger partial charge in [-0.05, 0) is 46.5 Å². The Labute approximate surface area is 149 Å². The number of aliphatic imine (C=N–C) groups is 1. The molecule has 0 unspecified atom stereocenters. The number of nitrogens with zero attached hydrogens (tertiary/aromatic N) is 2. The first-order chi connectivity index (χ1) is 11.5. The van der Waals surface area contributed by atoms with Gasteiger partial charge in [0, 0.05) is 32.7 Å². The fourth-order valence-electron chi connectivity index (χ4n) is 2.56. The molecule has 1 saturated heterocycles. The first kappa shape index (κ1) is 18.5. The van der Waals surface area contributed by atoms with Crippen molar-refractivity contribution in [3.8, 4) is 0 Å². The summed E-state index contributed by atoms with van der Waals surface area (Å²) < 4.78 is 18.7. The SMILES string of the molecule is CN=C(NCc1ccc(Br)c(F)c1)NC1CCN(C(=O)OC)CC1. The van der Waals surface area contributed by atoms with Crippen LogP contribution in [0.25, 0.3) is 0 Å². The maximum absolute atomic E-state index is 13.5. The molecule has 0 radical (unpaired) electrons. The first-order valence-corrected chi connectivity index (χ1v) is 8.56. The molecule has 0 saturated carbocycles. The number of hydrogen-bond donors (Lipinski definition) is 2. The summed E-state index contributed by atoms with van der Waals surface area (Å²) in [6.45, 7) is 1.78. The van der Waals surface area contributed by atoms with Gasteiger partial charge in [-0.15, -0.1) is 0 Å². The third-order valence-corrected chi connectivity index (χ3v) is 4.58. The monoisotopic (exact) mass is 400 g/mol. The predicted molar refractivity (Wildman–Crippen MR) is 94.4 cm³/mol. The predicted octanol–water partition coefficient (Wildman–Crippen LogP) is 2.48. The van der Waals surface area contributed by atoms with E-state index in [1.54, 1.807) is 18.0 Å². The van der Waals surface area contributed by atoms with E-state index in [0.29, 0.717) is 30.1 Å². The molecule has 0 bridgehead atoms. The molecule has 24 heavy (non-hydrogen) atoms. The fraction of sp³-hybridized carbons (Fsp3) is 0.500. The molecule has 1 heterocycles. The molecule has 0 aliphatic carbocycles. The maximum Gasteiger partial charge on any atom is 0.409 e. The van der Waals surface area contributed by atoms with Crippen LogP contribution >= 0.6 is 15.9 Å². The number of methoxy groups -OCH3 is 1. The van der Waals surface area contributed by atoms with Gasteiger partial charge in [0.1, 0.15) is 5.82 Å². The summed E-state index contributed by atoms with van der Waals surface area (Å²) in [4.78, 5) is 17.4. The van der Waals surface area contributed by atoms with Crippen molar-refractivity contribution >= 4 is 28.0 Å². The van der Waals surface area contributed by atoms with Crippen LogP contribution in [0.2, 0.25) is 0 Å². The number of carbonyl (C=O) groups excluding carboxylic acids is 1. The van der Waals surface area contributed by atoms with Crippen LogP contribution < -0.4 is 10.6 Å². The summed E-state index contributed by atoms with van der Waals surface area (Å²) >= 11 is 3.14. The molecule has 2 rings (SSSR count). The molecule has 1 aliphatic rings. The Morgan fingerprint density at radius 1 is 1.46 bits per heavy atom. The Morgan fingerprint density at radius 3 is 2.75 bits per heavy atom. The van der Waals surface area contributed by atoms with Crippen LogP contribution in [0.5, 0.6) is 0 Å². The number of hydrogen-bond acceptors (Lipinski definition) is 3. The van der Waals surface area contributed by atoms with E-state index in [1.807, 2.05) is 6.07 Å². The third kappa shape index (κ3) is 5.09. The van der Waals surface area contributed by atoms with E-state index >= 15 is 0 Å². The average molecular weight is 401 g/mol. The van der Waals surface area contributed by atoms with Crippen LogP contribution in [0.4, 0.5) is 9.18 Å². The van der Waals surface area contributed by atoms with Crippen LogP contribution in [0.3, 0.4) is 0 Å². The fourth-order valence-corrected chi connectivity index (χ4v) is 2.81. The van der Waals surface area contributed by atoms with Gasteiger partial charge in [0.25, 0.3) is 0 Å². The zero-order valence-electron chi connectivity index (χ0n) is 13.8. The van der Waals surface area contributed by atoms with Gasteiger partial charge in [0.05, 0.1) is 11.6 Å². The number of amides is 1. The molecule has 1 aromatic carbocycles. The van der Waals surface area contributed by atoms with Crippen molar-refractivity contribution in [1.29, 1.82) is 0 Å². The van der Waals surface area contributed by atoms with Crippen LogP contribution in [0, 0.1) is 5.82 Å². The van der Waals surface area contributed by atoms with Crippen LogP contribution in [0.15, 0.2) is 27.7 Å². The van der Waals surface area contributed by atoms with Gasteiger partial charge < -0.3 is 20.3 Å². The van der Waals surface area contributed by atoms with Gasteiger partial charge in [-0.2, -0.15) is 0 Å². The molecule has 132 valence electrons. The second kappa shape index (κ2) is 8.86. The molecule has 2 N–H and O–H groups in total. The largest absolute Gasteiger partial charge is 0.453 e. The van der Waals surface area contributed by atoms with E-state index in [9.17, 15) is 9.18 Å². The number of guanidine groups is 1. The Hall–Kier alpha value is -1.83. The lowest BCUT2D eigenvalue weighted by Gasteiger charge is -2.32. The Bertz CT molecular complexity index is 604. The molecular weight excluding hydrogens is 379 g/mol. The lowest BCUT2D eigenvalue weighted by atomic mass is 10.1. The highest BCUT2D eigenvalue weighted by Crippen LogP contribution is 2.16. The zero-order valence-corrected chi connectivity index (χ0v) is 15.4. The van der Waals surface area contributed by atoms with Crippen LogP contribution in [-0.2, 0) is 11.3 Å². The highest BCUT2D eigenvalue weighted by atomic mass is 79.9. The second-order valence-corrected chi connectivity index (χ2v) is 6.40. The van der Waals surface area contributed by atoms with Crippen molar-refractivity contribution in [2.75, 3.05) is 27.2 Å². The molecule has 6 nitrogen and oxygen atoms in total. The first-order valence-electron chi connectivity index (χ1n) is 7.77. The summed E-state index contributed by atoms with van der Waals surface area (Å²) in [7, 11) is 3.09. The van der Waals surface area contributed by atoms with Gasteiger partial charge in [0.15, 0.2) is 5.96 Å². The van der Waals surface area contributed by atoms with E-state index in [-0.39, 0.29) is 18.0 Å². The molecule has 1 amide bonds. The summed E-state index contributed by atoms with van der Waals surface area (Å²) in [6, 6.07) is 5.26. The Kier molecular flexibility index (Phi) is 6.84. The molecule has 0 spiro atoms. The van der Waals surface area contributed by atoms with E-state index in [0.717, 1.165) is 18.4 Å². The molecule has 8 heteroatoms. The van der Waals surface area contributed by atoms with Crippen molar-refractivity contribution in [2.24, 2.45) is 4.99 Å². The minimum absolute atomic E-state index is 0.235. The number of piperidine rings is 1. The van der Waals surface area contributed by atoms with Crippen molar-refractivity contribution in [3.63, 3.8) is 0 Å². The third-order valence-electron chi connectivity index (χ3n) is 3.94. The standard InChI is InChI=1S/C16H22BrFN4O2/c1-19-15(20-10-11-3-4-13(17)14(18)9-11)21-12-5-7-22(8-6-12)16(23)24-2/h3-4,9,12H,5-8,10H2,1-2H3,(H2,19,20,21). The summed E-state index contributed by atoms with van der Waals surface area (Å²) in [6.07, 6.45) is 1.36. The number of likely N-dealkylation sites (tertiary alicyclic amines) is 1. The van der Waals surface area contributed by atoms with Crippen molar-refractivity contribution in [2.45, 2.75) is 25.4 Å². The van der Waals surface area contributed by atoms with E-state index in [2.05, 4.69) is 31.6 Å². The van der Waals surface area contributed by atoms with Gasteiger partial charge in [-0.25, -0.2) is 9.18 Å². The highest BCUT2D eigenvalue weighted by molar-refractivity contribution is 9.10. The number of carbonyl (C=O) groups is 1. The molecule has 0 atom stereocenters. The number of halogens is 2. The second-order valence-electron chi connectivity index (χ2n) is 5.55. The van der Waals surface area contributed by atoms with Gasteiger partial charge in [0.2, 0.25) is 0 Å². The maximum atomic E-state index is 13.5. The summed E-state index contributed by atoms with van der Waals surface area (Å²) in [5, 5.41) is 6.51. The van der Waals surface area contributed by atoms with E-state index in [1.165, 1.54) is 13.2 Å². The minimum atomic E-state index is -0.285. The lowest BCUT2D eigenvalue weighted by molar-refractivity contribution is 0.111. The van der Waals surface area contributed by atoms with Crippen molar-refractivity contribution < 1.29 is 13.9 Å². The van der Waals surface area contributed by atoms with Crippen molar-refractivity contribution in [3.05, 3.63) is 34.1 Å². The smallest absolute Gasteiger partial charge is 0.409 e. The quantitative estimate of drug-likeness (QED) is 0.604. The average Bonchev–Trinajstić information content (AvgIpc) is 2.61. The number of benzene rings is 1. The Morgan fingerprint density at radius 2 is 2.17 bits per heavy atom. The highest BCUT2D eigenvalue weighted by Gasteiger charge is 2.23. The molecular formula is C16H22BrFN4O2. The van der Waals surface area contributed by atoms with Crippen LogP contribution in [0.1, 0.15) is 18.4 Å². The lowest BCUT2D eigenvalue weighted by Crippen LogP contribution is -2.49.